The van der Waals surface area contributed by atoms with Gasteiger partial charge in [-0.15, -0.1) is 0 Å². The second-order valence-electron chi connectivity index (χ2n) is 11.4. The van der Waals surface area contributed by atoms with Crippen molar-refractivity contribution in [2.45, 2.75) is 49.9 Å². The van der Waals surface area contributed by atoms with E-state index in [9.17, 15) is 10.1 Å². The predicted octanol–water partition coefficient (Wildman–Crippen LogP) is 2.91. The maximum absolute atomic E-state index is 13.5. The van der Waals surface area contributed by atoms with Crippen molar-refractivity contribution in [1.29, 1.82) is 5.26 Å². The number of methoxy groups -OCH3 is 2. The van der Waals surface area contributed by atoms with E-state index in [1.165, 1.54) is 0 Å². The lowest BCUT2D eigenvalue weighted by Crippen LogP contribution is -2.41. The molecule has 3 aliphatic carbocycles. The molecule has 2 bridgehead atoms. The summed E-state index contributed by atoms with van der Waals surface area (Å²) < 4.78 is 15.5. The molecular weight excluding hydrogens is 468 g/mol. The first kappa shape index (κ1) is 22.8. The average molecular weight is 501 g/mol. The summed E-state index contributed by atoms with van der Waals surface area (Å²) in [5.74, 6) is 2.80. The van der Waals surface area contributed by atoms with Crippen LogP contribution >= 0.6 is 0 Å². The van der Waals surface area contributed by atoms with Gasteiger partial charge in [0.25, 0.3) is 5.91 Å². The molecule has 2 aromatic heterocycles. The molecule has 1 unspecified atom stereocenters. The fourth-order valence-corrected chi connectivity index (χ4v) is 7.54. The molecule has 0 radical (unpaired) electrons. The van der Waals surface area contributed by atoms with Crippen LogP contribution in [0.25, 0.3) is 22.6 Å². The van der Waals surface area contributed by atoms with Crippen LogP contribution in [0.2, 0.25) is 0 Å². The molecule has 1 aromatic carbocycles. The lowest BCUT2D eigenvalue weighted by Gasteiger charge is -2.34. The SMILES string of the molecule is COc1cc(C(=O)N2C[C@H]3CC[C@@H]2[C@@H]3N)cc2nc(-c3ccc(C#N)n3C[C@H]3C[C@]4(OC)CC34)n(C)c12. The first-order valence-electron chi connectivity index (χ1n) is 13.1. The number of rotatable bonds is 6. The van der Waals surface area contributed by atoms with E-state index in [-0.39, 0.29) is 23.6 Å². The van der Waals surface area contributed by atoms with Gasteiger partial charge in [-0.1, -0.05) is 0 Å². The van der Waals surface area contributed by atoms with Crippen LogP contribution in [0.3, 0.4) is 0 Å². The standard InChI is InChI=1S/C28H32N6O3/c1-32-25-20(8-16(9-23(25)36-2)27(35)34-13-15-4-6-21(34)24(15)30)31-26(32)22-7-5-18(12-29)33(22)14-17-10-28(37-3)11-19(17)28/h5,7-9,15,17,19,21,24H,4,6,10-11,13-14,30H2,1-3H3/t15-,17-,19?,21-,24-,28+/m1/s1. The number of hydrogen-bond donors (Lipinski definition) is 1. The Kier molecular flexibility index (Phi) is 4.83. The third-order valence-corrected chi connectivity index (χ3v) is 9.72. The fraction of sp³-hybridized carbons (Fsp3) is 0.536. The normalized spacial score (nSPS) is 31.3. The Bertz CT molecular complexity index is 1480. The molecule has 3 saturated carbocycles. The first-order chi connectivity index (χ1) is 17.9. The maximum atomic E-state index is 13.5. The Hall–Kier alpha value is -3.35. The number of carbonyl (C=O) groups is 1. The summed E-state index contributed by atoms with van der Waals surface area (Å²) in [5.41, 5.74) is 10.1. The van der Waals surface area contributed by atoms with Crippen molar-refractivity contribution < 1.29 is 14.3 Å². The Morgan fingerprint density at radius 1 is 1.27 bits per heavy atom. The van der Waals surface area contributed by atoms with Crippen LogP contribution in [-0.2, 0) is 18.3 Å². The van der Waals surface area contributed by atoms with Crippen molar-refractivity contribution in [2.24, 2.45) is 30.5 Å². The molecule has 1 aliphatic heterocycles. The number of nitriles is 1. The van der Waals surface area contributed by atoms with Crippen molar-refractivity contribution >= 4 is 16.9 Å². The number of piperidine rings is 1. The Balaban J connectivity index is 1.26. The van der Waals surface area contributed by atoms with E-state index in [0.717, 1.165) is 55.8 Å². The zero-order valence-corrected chi connectivity index (χ0v) is 21.5. The number of benzene rings is 1. The molecule has 7 rings (SSSR count). The minimum Gasteiger partial charge on any atom is -0.494 e. The van der Waals surface area contributed by atoms with Crippen molar-refractivity contribution in [2.75, 3.05) is 20.8 Å². The molecular formula is C28H32N6O3. The fourth-order valence-electron chi connectivity index (χ4n) is 7.54. The zero-order valence-electron chi connectivity index (χ0n) is 21.5. The van der Waals surface area contributed by atoms with Gasteiger partial charge in [0.05, 0.1) is 23.9 Å². The van der Waals surface area contributed by atoms with E-state index in [2.05, 4.69) is 10.6 Å². The highest BCUT2D eigenvalue weighted by Gasteiger charge is 2.67. The number of aromatic nitrogens is 3. The van der Waals surface area contributed by atoms with Gasteiger partial charge in [0.1, 0.15) is 23.0 Å². The third kappa shape index (κ3) is 3.09. The lowest BCUT2D eigenvalue weighted by molar-refractivity contribution is -0.0215. The molecule has 192 valence electrons. The van der Waals surface area contributed by atoms with Crippen LogP contribution in [0.1, 0.15) is 41.7 Å². The van der Waals surface area contributed by atoms with E-state index in [4.69, 9.17) is 20.2 Å². The second-order valence-corrected chi connectivity index (χ2v) is 11.4. The summed E-state index contributed by atoms with van der Waals surface area (Å²) in [7, 11) is 5.37. The molecule has 1 amide bonds. The van der Waals surface area contributed by atoms with Crippen molar-refractivity contribution in [1.82, 2.24) is 19.0 Å². The summed E-state index contributed by atoms with van der Waals surface area (Å²) in [4.78, 5) is 20.4. The second kappa shape index (κ2) is 7.83. The number of ether oxygens (including phenoxy) is 2. The van der Waals surface area contributed by atoms with Gasteiger partial charge in [-0.3, -0.25) is 4.79 Å². The number of hydrogen-bond acceptors (Lipinski definition) is 6. The van der Waals surface area contributed by atoms with Crippen LogP contribution in [0, 0.1) is 29.1 Å². The van der Waals surface area contributed by atoms with E-state index in [1.54, 1.807) is 14.2 Å². The highest BCUT2D eigenvalue weighted by Crippen LogP contribution is 2.66. The molecule has 6 atom stereocenters. The summed E-state index contributed by atoms with van der Waals surface area (Å²) in [6.45, 7) is 1.48. The largest absolute Gasteiger partial charge is 0.494 e. The van der Waals surface area contributed by atoms with Gasteiger partial charge in [-0.05, 0) is 67.7 Å². The number of amides is 1. The minimum absolute atomic E-state index is 0.0127. The molecule has 37 heavy (non-hydrogen) atoms. The number of imidazole rings is 1. The molecule has 4 fully saturated rings. The van der Waals surface area contributed by atoms with Crippen LogP contribution in [0.15, 0.2) is 24.3 Å². The van der Waals surface area contributed by atoms with Gasteiger partial charge >= 0.3 is 0 Å². The molecule has 4 aliphatic rings. The summed E-state index contributed by atoms with van der Waals surface area (Å²) >= 11 is 0. The number of aryl methyl sites for hydroxylation is 1. The summed E-state index contributed by atoms with van der Waals surface area (Å²) in [5, 5.41) is 9.82. The van der Waals surface area contributed by atoms with Crippen molar-refractivity contribution in [3.05, 3.63) is 35.5 Å². The Morgan fingerprint density at radius 3 is 2.73 bits per heavy atom. The van der Waals surface area contributed by atoms with Gasteiger partial charge in [-0.25, -0.2) is 4.98 Å². The van der Waals surface area contributed by atoms with Crippen LogP contribution in [0.4, 0.5) is 0 Å². The molecule has 3 heterocycles. The van der Waals surface area contributed by atoms with E-state index >= 15 is 0 Å². The van der Waals surface area contributed by atoms with E-state index in [0.29, 0.717) is 40.3 Å². The van der Waals surface area contributed by atoms with Crippen molar-refractivity contribution in [3.8, 4) is 23.3 Å². The third-order valence-electron chi connectivity index (χ3n) is 9.72. The molecule has 9 heteroatoms. The van der Waals surface area contributed by atoms with Gasteiger partial charge in [0.15, 0.2) is 5.82 Å². The lowest BCUT2D eigenvalue weighted by atomic mass is 9.82. The van der Waals surface area contributed by atoms with Gasteiger partial charge in [0.2, 0.25) is 0 Å². The highest BCUT2D eigenvalue weighted by atomic mass is 16.5. The quantitative estimate of drug-likeness (QED) is 0.557. The van der Waals surface area contributed by atoms with Crippen molar-refractivity contribution in [3.63, 3.8) is 0 Å². The van der Waals surface area contributed by atoms with Crippen LogP contribution in [0.5, 0.6) is 5.75 Å². The number of nitrogens with two attached hydrogens (primary N) is 1. The van der Waals surface area contributed by atoms with Crippen LogP contribution < -0.4 is 10.5 Å². The Labute approximate surface area is 215 Å². The molecule has 1 saturated heterocycles. The number of carbonyl (C=O) groups excluding carboxylic acids is 1. The molecule has 3 aromatic rings. The van der Waals surface area contributed by atoms with E-state index < -0.39 is 0 Å². The predicted molar refractivity (Wildman–Crippen MR) is 137 cm³/mol. The van der Waals surface area contributed by atoms with E-state index in [1.807, 2.05) is 40.8 Å². The number of fused-ring (bicyclic) bond motifs is 4. The van der Waals surface area contributed by atoms with Gasteiger partial charge < -0.3 is 29.2 Å². The monoisotopic (exact) mass is 500 g/mol. The topological polar surface area (TPSA) is 111 Å². The summed E-state index contributed by atoms with van der Waals surface area (Å²) in [6, 6.07) is 10.0. The van der Waals surface area contributed by atoms with Crippen LogP contribution in [-0.4, -0.2) is 63.4 Å². The average Bonchev–Trinajstić information content (AvgIpc) is 3.36. The summed E-state index contributed by atoms with van der Waals surface area (Å²) in [6.07, 6.45) is 4.20. The first-order valence-corrected chi connectivity index (χ1v) is 13.1. The maximum Gasteiger partial charge on any atom is 0.254 e. The van der Waals surface area contributed by atoms with Gasteiger partial charge in [0, 0.05) is 44.9 Å². The zero-order chi connectivity index (χ0) is 25.6. The molecule has 0 spiro atoms. The number of nitrogens with zero attached hydrogens (tertiary/aromatic N) is 5. The van der Waals surface area contributed by atoms with Gasteiger partial charge in [-0.2, -0.15) is 5.26 Å². The highest BCUT2D eigenvalue weighted by molar-refractivity contribution is 6.00. The molecule has 9 nitrogen and oxygen atoms in total. The number of likely N-dealkylation sites (tertiary alicyclic amines) is 1. The Morgan fingerprint density at radius 2 is 2.11 bits per heavy atom. The minimum atomic E-state index is -0.0127. The smallest absolute Gasteiger partial charge is 0.254 e. The molecule has 2 N–H and O–H groups in total.